The molecule has 1 fully saturated rings. The second-order valence-electron chi connectivity index (χ2n) is 6.83. The van der Waals surface area contributed by atoms with E-state index in [4.69, 9.17) is 23.7 Å². The van der Waals surface area contributed by atoms with Gasteiger partial charge in [0.15, 0.2) is 33.6 Å². The molecule has 12 heteroatoms. The van der Waals surface area contributed by atoms with Gasteiger partial charge < -0.3 is 23.7 Å². The second kappa shape index (κ2) is 10.5. The monoisotopic (exact) mass is 450 g/mol. The van der Waals surface area contributed by atoms with Crippen molar-refractivity contribution in [2.45, 2.75) is 64.5 Å². The van der Waals surface area contributed by atoms with Crippen molar-refractivity contribution >= 4 is 33.7 Å². The first-order chi connectivity index (χ1) is 13.7. The van der Waals surface area contributed by atoms with Crippen LogP contribution in [-0.4, -0.2) is 74.5 Å². The fraction of sp³-hybridized carbons (Fsp3) is 0.667. The minimum absolute atomic E-state index is 0.280. The van der Waals surface area contributed by atoms with Gasteiger partial charge >= 0.3 is 23.9 Å². The maximum atomic E-state index is 12.9. The van der Waals surface area contributed by atoms with E-state index in [1.807, 2.05) is 0 Å². The predicted octanol–water partition coefficient (Wildman–Crippen LogP) is 0.0604. The average molecular weight is 450 g/mol. The summed E-state index contributed by atoms with van der Waals surface area (Å²) in [6.07, 6.45) is -5.91. The molecule has 1 saturated heterocycles. The van der Waals surface area contributed by atoms with Crippen LogP contribution in [0.25, 0.3) is 0 Å². The van der Waals surface area contributed by atoms with Crippen molar-refractivity contribution in [3.8, 4) is 0 Å². The molecule has 0 aromatic rings. The first-order valence-corrected chi connectivity index (χ1v) is 10.6. The van der Waals surface area contributed by atoms with E-state index < -0.39 is 75.9 Å². The molecule has 0 spiro atoms. The summed E-state index contributed by atoms with van der Waals surface area (Å²) in [5.41, 5.74) is -1.52. The van der Waals surface area contributed by atoms with Gasteiger partial charge in [-0.3, -0.25) is 19.2 Å². The Morgan fingerprint density at radius 1 is 0.800 bits per heavy atom. The van der Waals surface area contributed by atoms with E-state index in [0.29, 0.717) is 0 Å². The molecule has 1 rings (SSSR count). The largest absolute Gasteiger partial charge is 0.463 e. The fourth-order valence-corrected chi connectivity index (χ4v) is 4.69. The number of carbonyl (C=O) groups is 4. The van der Waals surface area contributed by atoms with Crippen molar-refractivity contribution in [3.05, 3.63) is 12.2 Å². The van der Waals surface area contributed by atoms with Crippen LogP contribution in [0, 0.1) is 0 Å². The first kappa shape index (κ1) is 25.6. The van der Waals surface area contributed by atoms with Crippen molar-refractivity contribution < 1.29 is 51.3 Å². The summed E-state index contributed by atoms with van der Waals surface area (Å²) in [7, 11) is -4.14. The van der Waals surface area contributed by atoms with E-state index in [9.17, 15) is 27.6 Å². The number of sulfone groups is 1. The molecule has 1 heterocycles. The molecule has 0 aliphatic carbocycles. The number of hydrogen-bond donors (Lipinski definition) is 0. The lowest BCUT2D eigenvalue weighted by atomic mass is 9.99. The summed E-state index contributed by atoms with van der Waals surface area (Å²) < 4.78 is 51.8. The molecule has 0 amide bonds. The molecular weight excluding hydrogens is 424 g/mol. The van der Waals surface area contributed by atoms with Crippen molar-refractivity contribution in [2.24, 2.45) is 0 Å². The zero-order valence-corrected chi connectivity index (χ0v) is 18.2. The maximum absolute atomic E-state index is 12.9. The number of hydrogen-bond acceptors (Lipinski definition) is 11. The Labute approximate surface area is 174 Å². The molecule has 30 heavy (non-hydrogen) atoms. The second-order valence-corrected chi connectivity index (χ2v) is 8.91. The molecule has 1 aliphatic rings. The van der Waals surface area contributed by atoms with Crippen LogP contribution in [0.2, 0.25) is 0 Å². The lowest BCUT2D eigenvalue weighted by Gasteiger charge is -2.44. The smallest absolute Gasteiger partial charge is 0.303 e. The molecule has 0 unspecified atom stereocenters. The van der Waals surface area contributed by atoms with Gasteiger partial charge in [0.2, 0.25) is 0 Å². The molecule has 5 atom stereocenters. The van der Waals surface area contributed by atoms with Crippen molar-refractivity contribution in [3.63, 3.8) is 0 Å². The van der Waals surface area contributed by atoms with E-state index in [1.165, 1.54) is 6.92 Å². The molecule has 170 valence electrons. The van der Waals surface area contributed by atoms with Gasteiger partial charge in [0, 0.05) is 27.7 Å². The molecule has 0 aromatic carbocycles. The van der Waals surface area contributed by atoms with Crippen molar-refractivity contribution in [2.75, 3.05) is 12.4 Å². The highest BCUT2D eigenvalue weighted by atomic mass is 32.2. The quantitative estimate of drug-likeness (QED) is 0.281. The van der Waals surface area contributed by atoms with Crippen LogP contribution < -0.4 is 0 Å². The van der Waals surface area contributed by atoms with Gasteiger partial charge in [-0.1, -0.05) is 12.2 Å². The van der Waals surface area contributed by atoms with Crippen LogP contribution in [0.5, 0.6) is 0 Å². The minimum Gasteiger partial charge on any atom is -0.463 e. The summed E-state index contributed by atoms with van der Waals surface area (Å²) in [6, 6.07) is 0. The normalized spacial score (nSPS) is 26.2. The lowest BCUT2D eigenvalue weighted by molar-refractivity contribution is -0.238. The predicted molar refractivity (Wildman–Crippen MR) is 101 cm³/mol. The van der Waals surface area contributed by atoms with Crippen molar-refractivity contribution in [1.82, 2.24) is 0 Å². The standard InChI is InChI=1S/C18H26O11S/c1-9(2)8-30(23,24)18-17(28-13(6)22)16(27-12(5)21)15(26-11(4)20)14(29-18)7-25-10(3)19/h14-18H,1,7-8H2,2-6H3/t14-,15-,16+,17-,18+/m1/s1. The lowest BCUT2D eigenvalue weighted by Crippen LogP contribution is -2.64. The Morgan fingerprint density at radius 3 is 1.70 bits per heavy atom. The van der Waals surface area contributed by atoms with Gasteiger partial charge in [0.1, 0.15) is 12.7 Å². The van der Waals surface area contributed by atoms with E-state index in [1.54, 1.807) is 0 Å². The van der Waals surface area contributed by atoms with Crippen molar-refractivity contribution in [1.29, 1.82) is 0 Å². The van der Waals surface area contributed by atoms with Crippen LogP contribution >= 0.6 is 0 Å². The Balaban J connectivity index is 3.52. The molecule has 0 bridgehead atoms. The Hall–Kier alpha value is -2.47. The summed E-state index contributed by atoms with van der Waals surface area (Å²) in [5, 5.41) is 0. The van der Waals surface area contributed by atoms with E-state index in [-0.39, 0.29) is 5.57 Å². The van der Waals surface area contributed by atoms with Gasteiger partial charge in [-0.15, -0.1) is 0 Å². The summed E-state index contributed by atoms with van der Waals surface area (Å²) in [5.74, 6) is -3.75. The zero-order chi connectivity index (χ0) is 23.2. The third-order valence-corrected chi connectivity index (χ3v) is 5.73. The molecule has 0 radical (unpaired) electrons. The van der Waals surface area contributed by atoms with Gasteiger partial charge in [-0.05, 0) is 6.92 Å². The molecule has 0 saturated carbocycles. The third kappa shape index (κ3) is 7.41. The van der Waals surface area contributed by atoms with Crippen LogP contribution in [0.15, 0.2) is 12.2 Å². The van der Waals surface area contributed by atoms with E-state index in [0.717, 1.165) is 27.7 Å². The van der Waals surface area contributed by atoms with Gasteiger partial charge in [-0.2, -0.15) is 0 Å². The van der Waals surface area contributed by atoms with Gasteiger partial charge in [0.05, 0.1) is 5.75 Å². The zero-order valence-electron chi connectivity index (χ0n) is 17.4. The molecule has 1 aliphatic heterocycles. The van der Waals surface area contributed by atoms with Crippen LogP contribution in [0.3, 0.4) is 0 Å². The summed E-state index contributed by atoms with van der Waals surface area (Å²) >= 11 is 0. The highest BCUT2D eigenvalue weighted by Crippen LogP contribution is 2.32. The Bertz CT molecular complexity index is 801. The number of rotatable bonds is 8. The number of esters is 4. The van der Waals surface area contributed by atoms with Crippen LogP contribution in [-0.2, 0) is 52.7 Å². The SMILES string of the molecule is C=C(C)CS(=O)(=O)[C@@H]1O[C@H](COC(C)=O)[C@@H](OC(C)=O)[C@H](OC(C)=O)[C@H]1OC(C)=O. The fourth-order valence-electron chi connectivity index (χ4n) is 2.90. The van der Waals surface area contributed by atoms with Crippen LogP contribution in [0.1, 0.15) is 34.6 Å². The first-order valence-electron chi connectivity index (χ1n) is 8.91. The van der Waals surface area contributed by atoms with Gasteiger partial charge in [-0.25, -0.2) is 8.42 Å². The molecule has 0 aromatic heterocycles. The minimum atomic E-state index is -4.14. The van der Waals surface area contributed by atoms with Gasteiger partial charge in [0.25, 0.3) is 0 Å². The topological polar surface area (TPSA) is 149 Å². The molecular formula is C18H26O11S. The maximum Gasteiger partial charge on any atom is 0.303 e. The summed E-state index contributed by atoms with van der Waals surface area (Å²) in [4.78, 5) is 46.2. The highest BCUT2D eigenvalue weighted by molar-refractivity contribution is 7.92. The Kier molecular flexibility index (Phi) is 8.97. The molecule has 0 N–H and O–H groups in total. The van der Waals surface area contributed by atoms with Crippen LogP contribution in [0.4, 0.5) is 0 Å². The summed E-state index contributed by atoms with van der Waals surface area (Å²) in [6.45, 7) is 8.78. The van der Waals surface area contributed by atoms with E-state index in [2.05, 4.69) is 6.58 Å². The van der Waals surface area contributed by atoms with E-state index >= 15 is 0 Å². The number of ether oxygens (including phenoxy) is 5. The average Bonchev–Trinajstić information content (AvgIpc) is 2.54. The Morgan fingerprint density at radius 2 is 1.27 bits per heavy atom. The molecule has 11 nitrogen and oxygen atoms in total. The highest BCUT2D eigenvalue weighted by Gasteiger charge is 2.56. The number of carbonyl (C=O) groups excluding carboxylic acids is 4. The third-order valence-electron chi connectivity index (χ3n) is 3.75.